The average molecular weight is 475 g/mol. The first-order chi connectivity index (χ1) is 17.0. The van der Waals surface area contributed by atoms with Gasteiger partial charge in [0.25, 0.3) is 5.91 Å². The summed E-state index contributed by atoms with van der Waals surface area (Å²) in [6.45, 7) is 4.03. The Hall–Kier alpha value is -4.19. The Kier molecular flexibility index (Phi) is 5.21. The van der Waals surface area contributed by atoms with Gasteiger partial charge in [-0.15, -0.1) is 0 Å². The number of piperazine rings is 1. The minimum atomic E-state index is -0.550. The van der Waals surface area contributed by atoms with Gasteiger partial charge in [-0.1, -0.05) is 6.07 Å². The van der Waals surface area contributed by atoms with Crippen LogP contribution in [-0.4, -0.2) is 75.7 Å². The summed E-state index contributed by atoms with van der Waals surface area (Å²) in [5.74, 6) is 0.495. The highest BCUT2D eigenvalue weighted by molar-refractivity contribution is 6.14. The van der Waals surface area contributed by atoms with E-state index in [-0.39, 0.29) is 5.70 Å². The van der Waals surface area contributed by atoms with Crippen molar-refractivity contribution < 1.29 is 9.59 Å². The number of rotatable bonds is 6. The SMILES string of the molecule is CN1CCN(c2cccc(Nc3nc(NC4CC4)n4ncc(/C=C5\NC(=O)NC5=O)c4n3)c2)CC1. The van der Waals surface area contributed by atoms with Gasteiger partial charge in [-0.2, -0.15) is 19.6 Å². The van der Waals surface area contributed by atoms with E-state index in [1.807, 2.05) is 12.1 Å². The van der Waals surface area contributed by atoms with E-state index < -0.39 is 11.9 Å². The van der Waals surface area contributed by atoms with Crippen LogP contribution in [0.25, 0.3) is 11.7 Å². The van der Waals surface area contributed by atoms with Gasteiger partial charge in [0.05, 0.1) is 6.20 Å². The van der Waals surface area contributed by atoms with E-state index in [4.69, 9.17) is 0 Å². The number of imide groups is 1. The maximum Gasteiger partial charge on any atom is 0.326 e. The third-order valence-electron chi connectivity index (χ3n) is 6.30. The van der Waals surface area contributed by atoms with Crippen molar-refractivity contribution in [3.05, 3.63) is 41.7 Å². The molecule has 1 aliphatic carbocycles. The summed E-state index contributed by atoms with van der Waals surface area (Å²) < 4.78 is 1.62. The fourth-order valence-corrected chi connectivity index (χ4v) is 4.17. The number of fused-ring (bicyclic) bond motifs is 1. The van der Waals surface area contributed by atoms with Crippen molar-refractivity contribution in [1.29, 1.82) is 0 Å². The molecule has 35 heavy (non-hydrogen) atoms. The van der Waals surface area contributed by atoms with Crippen molar-refractivity contribution in [2.45, 2.75) is 18.9 Å². The average Bonchev–Trinajstić information content (AvgIpc) is 3.48. The van der Waals surface area contributed by atoms with Crippen LogP contribution < -0.4 is 26.2 Å². The Morgan fingerprint density at radius 2 is 1.91 bits per heavy atom. The van der Waals surface area contributed by atoms with Gasteiger partial charge in [0.15, 0.2) is 5.65 Å². The summed E-state index contributed by atoms with van der Waals surface area (Å²) in [6.07, 6.45) is 5.32. The fraction of sp³-hybridized carbons (Fsp3) is 0.348. The number of hydrogen-bond donors (Lipinski definition) is 4. The first-order valence-electron chi connectivity index (χ1n) is 11.7. The molecule has 0 unspecified atom stereocenters. The lowest BCUT2D eigenvalue weighted by molar-refractivity contribution is -0.115. The predicted molar refractivity (Wildman–Crippen MR) is 132 cm³/mol. The first-order valence-corrected chi connectivity index (χ1v) is 11.7. The van der Waals surface area contributed by atoms with Gasteiger partial charge in [-0.25, -0.2) is 4.79 Å². The van der Waals surface area contributed by atoms with Gasteiger partial charge in [0.1, 0.15) is 5.70 Å². The number of anilines is 4. The lowest BCUT2D eigenvalue weighted by atomic mass is 10.2. The molecule has 4 heterocycles. The summed E-state index contributed by atoms with van der Waals surface area (Å²) in [5.41, 5.74) is 3.29. The standard InChI is InChI=1S/C23H26N10O2/c1-31-7-9-32(10-8-31)17-4-2-3-16(12-17)25-21-28-19-14(11-18-20(34)29-23(35)27-18)13-24-33(19)22(30-21)26-15-5-6-15/h2-4,11-13,15H,5-10H2,1H3,(H2,25,26,28,30)(H2,27,29,34,35)/b18-11-. The van der Waals surface area contributed by atoms with E-state index in [1.54, 1.807) is 16.8 Å². The summed E-state index contributed by atoms with van der Waals surface area (Å²) in [7, 11) is 2.14. The van der Waals surface area contributed by atoms with Crippen molar-refractivity contribution in [3.63, 3.8) is 0 Å². The third-order valence-corrected chi connectivity index (χ3v) is 6.30. The maximum absolute atomic E-state index is 12.0. The van der Waals surface area contributed by atoms with Gasteiger partial charge >= 0.3 is 6.03 Å². The lowest BCUT2D eigenvalue weighted by Gasteiger charge is -2.34. The molecule has 180 valence electrons. The quantitative estimate of drug-likeness (QED) is 0.309. The molecule has 3 aromatic rings. The zero-order valence-corrected chi connectivity index (χ0v) is 19.3. The number of nitrogens with zero attached hydrogens (tertiary/aromatic N) is 6. The highest BCUT2D eigenvalue weighted by Gasteiger charge is 2.26. The summed E-state index contributed by atoms with van der Waals surface area (Å²) in [5, 5.41) is 15.9. The van der Waals surface area contributed by atoms with Crippen molar-refractivity contribution >= 4 is 46.9 Å². The normalized spacial score (nSPS) is 19.8. The van der Waals surface area contributed by atoms with Crippen molar-refractivity contribution in [3.8, 4) is 0 Å². The van der Waals surface area contributed by atoms with Crippen LogP contribution in [0.4, 0.5) is 28.1 Å². The molecule has 3 fully saturated rings. The monoisotopic (exact) mass is 474 g/mol. The van der Waals surface area contributed by atoms with Crippen LogP contribution in [0.5, 0.6) is 0 Å². The second-order valence-electron chi connectivity index (χ2n) is 9.06. The molecule has 1 aromatic carbocycles. The van der Waals surface area contributed by atoms with Crippen molar-refractivity contribution in [2.24, 2.45) is 0 Å². The predicted octanol–water partition coefficient (Wildman–Crippen LogP) is 1.37. The zero-order chi connectivity index (χ0) is 23.9. The molecular formula is C23H26N10O2. The minimum absolute atomic E-state index is 0.148. The minimum Gasteiger partial charge on any atom is -0.369 e. The molecule has 1 saturated carbocycles. The van der Waals surface area contributed by atoms with E-state index in [0.717, 1.165) is 50.4 Å². The van der Waals surface area contributed by atoms with E-state index in [0.29, 0.717) is 29.1 Å². The number of nitrogens with one attached hydrogen (secondary N) is 4. The molecule has 6 rings (SSSR count). The first kappa shape index (κ1) is 21.4. The number of carbonyl (C=O) groups excluding carboxylic acids is 2. The molecule has 3 aliphatic rings. The molecule has 0 atom stereocenters. The van der Waals surface area contributed by atoms with E-state index >= 15 is 0 Å². The molecule has 0 bridgehead atoms. The Morgan fingerprint density at radius 3 is 2.66 bits per heavy atom. The number of urea groups is 1. The molecule has 2 aliphatic heterocycles. The molecular weight excluding hydrogens is 448 g/mol. The molecule has 0 radical (unpaired) electrons. The number of aromatic nitrogens is 4. The summed E-state index contributed by atoms with van der Waals surface area (Å²) >= 11 is 0. The van der Waals surface area contributed by atoms with Gasteiger partial charge in [-0.05, 0) is 44.2 Å². The third kappa shape index (κ3) is 4.47. The molecule has 4 N–H and O–H groups in total. The highest BCUT2D eigenvalue weighted by atomic mass is 16.2. The van der Waals surface area contributed by atoms with Gasteiger partial charge in [0.2, 0.25) is 11.9 Å². The molecule has 0 spiro atoms. The summed E-state index contributed by atoms with van der Waals surface area (Å²) in [4.78, 5) is 37.6. The number of amides is 3. The van der Waals surface area contributed by atoms with Crippen LogP contribution in [0.3, 0.4) is 0 Å². The van der Waals surface area contributed by atoms with Crippen molar-refractivity contribution in [1.82, 2.24) is 35.1 Å². The number of likely N-dealkylation sites (N-methyl/N-ethyl adjacent to an activating group) is 1. The van der Waals surface area contributed by atoms with Crippen LogP contribution in [0.1, 0.15) is 18.4 Å². The summed E-state index contributed by atoms with van der Waals surface area (Å²) in [6, 6.07) is 8.03. The maximum atomic E-state index is 12.0. The molecule has 2 saturated heterocycles. The van der Waals surface area contributed by atoms with Crippen LogP contribution >= 0.6 is 0 Å². The highest BCUT2D eigenvalue weighted by Crippen LogP contribution is 2.27. The van der Waals surface area contributed by atoms with Crippen LogP contribution in [-0.2, 0) is 4.79 Å². The Labute approximate surface area is 201 Å². The molecule has 12 nitrogen and oxygen atoms in total. The van der Waals surface area contributed by atoms with Crippen LogP contribution in [0, 0.1) is 0 Å². The number of hydrogen-bond acceptors (Lipinski definition) is 9. The smallest absolute Gasteiger partial charge is 0.326 e. The van der Waals surface area contributed by atoms with Crippen LogP contribution in [0.2, 0.25) is 0 Å². The van der Waals surface area contributed by atoms with Gasteiger partial charge < -0.3 is 25.8 Å². The fourth-order valence-electron chi connectivity index (χ4n) is 4.17. The zero-order valence-electron chi connectivity index (χ0n) is 19.3. The Bertz CT molecular complexity index is 1340. The van der Waals surface area contributed by atoms with E-state index in [1.165, 1.54) is 0 Å². The van der Waals surface area contributed by atoms with Gasteiger partial charge in [-0.3, -0.25) is 10.1 Å². The number of benzene rings is 1. The van der Waals surface area contributed by atoms with Crippen molar-refractivity contribution in [2.75, 3.05) is 48.8 Å². The molecule has 3 amide bonds. The largest absolute Gasteiger partial charge is 0.369 e. The number of carbonyl (C=O) groups is 2. The van der Waals surface area contributed by atoms with Crippen LogP contribution in [0.15, 0.2) is 36.2 Å². The Balaban J connectivity index is 1.33. The second-order valence-corrected chi connectivity index (χ2v) is 9.06. The topological polar surface area (TPSA) is 132 Å². The van der Waals surface area contributed by atoms with E-state index in [9.17, 15) is 9.59 Å². The van der Waals surface area contributed by atoms with E-state index in [2.05, 4.69) is 65.3 Å². The Morgan fingerprint density at radius 1 is 1.09 bits per heavy atom. The lowest BCUT2D eigenvalue weighted by Crippen LogP contribution is -2.44. The molecule has 2 aromatic heterocycles. The second kappa shape index (κ2) is 8.55. The molecule has 12 heteroatoms. The van der Waals surface area contributed by atoms with Gasteiger partial charge in [0, 0.05) is 49.2 Å².